The zero-order valence-electron chi connectivity index (χ0n) is 19.7. The van der Waals surface area contributed by atoms with Gasteiger partial charge in [-0.1, -0.05) is 13.0 Å². The molecule has 7 nitrogen and oxygen atoms in total. The maximum atomic E-state index is 12.9. The Hall–Kier alpha value is -2.77. The lowest BCUT2D eigenvalue weighted by Crippen LogP contribution is -2.36. The van der Waals surface area contributed by atoms with Crippen LogP contribution in [0.4, 0.5) is 11.4 Å². The van der Waals surface area contributed by atoms with Crippen LogP contribution in [0.2, 0.25) is 0 Å². The summed E-state index contributed by atoms with van der Waals surface area (Å²) in [7, 11) is 2.16. The van der Waals surface area contributed by atoms with Gasteiger partial charge in [-0.05, 0) is 93.8 Å². The van der Waals surface area contributed by atoms with E-state index in [4.69, 9.17) is 15.9 Å². The molecule has 8 heteroatoms. The van der Waals surface area contributed by atoms with Crippen molar-refractivity contribution < 1.29 is 9.53 Å². The normalized spacial score (nSPS) is 15.2. The minimum absolute atomic E-state index is 0. The van der Waals surface area contributed by atoms with Crippen molar-refractivity contribution in [3.63, 3.8) is 0 Å². The summed E-state index contributed by atoms with van der Waals surface area (Å²) < 4.78 is 5.39. The van der Waals surface area contributed by atoms with Gasteiger partial charge in [0, 0.05) is 23.0 Å². The number of piperidine rings is 1. The fourth-order valence-electron chi connectivity index (χ4n) is 3.98. The highest BCUT2D eigenvalue weighted by molar-refractivity contribution is 5.95. The first-order valence-corrected chi connectivity index (χ1v) is 11.4. The molecule has 5 N–H and O–H groups in total. The number of nitrogens with one attached hydrogen (secondary N) is 3. The zero-order valence-corrected chi connectivity index (χ0v) is 20.5. The fourth-order valence-corrected chi connectivity index (χ4v) is 3.98. The number of carbonyl (C=O) groups excluding carboxylic acids is 1. The van der Waals surface area contributed by atoms with E-state index in [-0.39, 0.29) is 24.2 Å². The number of hydrogen-bond donors (Lipinski definition) is 4. The summed E-state index contributed by atoms with van der Waals surface area (Å²) in [6.07, 6.45) is 3.08. The van der Waals surface area contributed by atoms with Gasteiger partial charge in [0.25, 0.3) is 0 Å². The summed E-state index contributed by atoms with van der Waals surface area (Å²) in [6, 6.07) is 13.3. The van der Waals surface area contributed by atoms with Crippen molar-refractivity contribution in [1.29, 1.82) is 5.41 Å². The van der Waals surface area contributed by atoms with Gasteiger partial charge >= 0.3 is 5.97 Å². The molecule has 1 aliphatic heterocycles. The van der Waals surface area contributed by atoms with E-state index in [1.807, 2.05) is 19.1 Å². The molecule has 0 spiro atoms. The van der Waals surface area contributed by atoms with Gasteiger partial charge < -0.3 is 26.0 Å². The van der Waals surface area contributed by atoms with Crippen molar-refractivity contribution >= 4 is 35.6 Å². The molecule has 2 aromatic carbocycles. The monoisotopic (exact) mass is 473 g/mol. The number of carbonyl (C=O) groups is 1. The Morgan fingerprint density at radius 1 is 1.15 bits per heavy atom. The number of ether oxygens (including phenoxy) is 1. The Labute approximate surface area is 203 Å². The topological polar surface area (TPSA) is 103 Å². The molecule has 1 aliphatic rings. The Kier molecular flexibility index (Phi) is 10.0. The number of rotatable bonds is 9. The predicted octanol–water partition coefficient (Wildman–Crippen LogP) is 4.18. The van der Waals surface area contributed by atoms with Crippen LogP contribution in [0.5, 0.6) is 0 Å². The summed E-state index contributed by atoms with van der Waals surface area (Å²) in [6.45, 7) is 6.41. The lowest BCUT2D eigenvalue weighted by Gasteiger charge is -2.30. The number of esters is 1. The largest absolute Gasteiger partial charge is 0.464 e. The van der Waals surface area contributed by atoms with Gasteiger partial charge in [-0.2, -0.15) is 0 Å². The van der Waals surface area contributed by atoms with Crippen LogP contribution < -0.4 is 16.4 Å². The Morgan fingerprint density at radius 2 is 1.82 bits per heavy atom. The first kappa shape index (κ1) is 26.5. The van der Waals surface area contributed by atoms with Gasteiger partial charge in [0.2, 0.25) is 0 Å². The van der Waals surface area contributed by atoms with Gasteiger partial charge in [0.1, 0.15) is 5.84 Å². The maximum Gasteiger partial charge on any atom is 0.333 e. The van der Waals surface area contributed by atoms with Crippen LogP contribution in [0, 0.1) is 5.41 Å². The molecule has 1 heterocycles. The minimum Gasteiger partial charge on any atom is -0.464 e. The number of nitrogens with zero attached hydrogens (tertiary/aromatic N) is 1. The van der Waals surface area contributed by atoms with Crippen LogP contribution in [-0.2, 0) is 16.0 Å². The van der Waals surface area contributed by atoms with Crippen molar-refractivity contribution in [2.75, 3.05) is 37.4 Å². The molecule has 0 radical (unpaired) electrons. The van der Waals surface area contributed by atoms with E-state index in [0.717, 1.165) is 49.3 Å². The number of halogens is 1. The summed E-state index contributed by atoms with van der Waals surface area (Å²) >= 11 is 0. The first-order valence-electron chi connectivity index (χ1n) is 11.4. The van der Waals surface area contributed by atoms with E-state index in [1.54, 1.807) is 12.1 Å². The van der Waals surface area contributed by atoms with Gasteiger partial charge in [-0.3, -0.25) is 5.41 Å². The van der Waals surface area contributed by atoms with Crippen molar-refractivity contribution in [2.45, 2.75) is 45.2 Å². The number of benzene rings is 2. The molecule has 1 atom stereocenters. The lowest BCUT2D eigenvalue weighted by atomic mass is 9.99. The Balaban J connectivity index is 0.00000385. The van der Waals surface area contributed by atoms with Crippen LogP contribution in [0.1, 0.15) is 49.4 Å². The third-order valence-corrected chi connectivity index (χ3v) is 5.88. The Morgan fingerprint density at radius 3 is 2.39 bits per heavy atom. The quantitative estimate of drug-likeness (QED) is 0.247. The fraction of sp³-hybridized carbons (Fsp3) is 0.440. The number of hydrogen-bond acceptors (Lipinski definition) is 6. The second kappa shape index (κ2) is 12.5. The molecule has 1 fully saturated rings. The maximum absolute atomic E-state index is 12.9. The van der Waals surface area contributed by atoms with Crippen LogP contribution >= 0.6 is 12.4 Å². The number of aryl methyl sites for hydroxylation is 1. The number of likely N-dealkylation sites (tertiary alicyclic amines) is 1. The SMILES string of the molecule is CCOC(=O)C(Nc1ccc(C(=N)N)cc1)c1cc(CC)cc(NC2CCN(C)CC2)c1.Cl. The molecule has 0 amide bonds. The van der Waals surface area contributed by atoms with Crippen molar-refractivity contribution in [3.8, 4) is 0 Å². The van der Waals surface area contributed by atoms with Crippen molar-refractivity contribution in [2.24, 2.45) is 5.73 Å². The summed E-state index contributed by atoms with van der Waals surface area (Å²) in [5.74, 6) is -0.305. The van der Waals surface area contributed by atoms with Crippen LogP contribution in [0.15, 0.2) is 42.5 Å². The number of nitrogens with two attached hydrogens (primary N) is 1. The van der Waals surface area contributed by atoms with Gasteiger partial charge in [-0.25, -0.2) is 4.79 Å². The molecule has 3 rings (SSSR count). The van der Waals surface area contributed by atoms with E-state index < -0.39 is 6.04 Å². The smallest absolute Gasteiger partial charge is 0.333 e. The highest BCUT2D eigenvalue weighted by atomic mass is 35.5. The molecule has 0 aliphatic carbocycles. The van der Waals surface area contributed by atoms with Gasteiger partial charge in [0.05, 0.1) is 6.61 Å². The standard InChI is InChI=1S/C25H35N5O2.ClH/c1-4-17-14-19(16-22(15-17)28-21-10-12-30(3)13-11-21)23(25(31)32-5-2)29-20-8-6-18(7-9-20)24(26)27;/h6-9,14-16,21,23,28-29H,4-5,10-13H2,1-3H3,(H3,26,27);1H. The summed E-state index contributed by atoms with van der Waals surface area (Å²) in [5, 5.41) is 14.6. The van der Waals surface area contributed by atoms with Crippen molar-refractivity contribution in [3.05, 3.63) is 59.2 Å². The van der Waals surface area contributed by atoms with E-state index >= 15 is 0 Å². The second-order valence-corrected chi connectivity index (χ2v) is 8.36. The summed E-state index contributed by atoms with van der Waals surface area (Å²) in [4.78, 5) is 15.2. The van der Waals surface area contributed by atoms with E-state index in [0.29, 0.717) is 18.2 Å². The highest BCUT2D eigenvalue weighted by Crippen LogP contribution is 2.27. The molecule has 0 saturated carbocycles. The van der Waals surface area contributed by atoms with Gasteiger partial charge in [-0.15, -0.1) is 12.4 Å². The third kappa shape index (κ3) is 7.37. The molecule has 1 unspecified atom stereocenters. The molecular formula is C25H36ClN5O2. The first-order chi connectivity index (χ1) is 15.4. The minimum atomic E-state index is -0.636. The molecular weight excluding hydrogens is 438 g/mol. The number of nitrogen functional groups attached to an aromatic ring is 1. The average Bonchev–Trinajstić information content (AvgIpc) is 2.79. The third-order valence-electron chi connectivity index (χ3n) is 5.88. The van der Waals surface area contributed by atoms with E-state index in [9.17, 15) is 4.79 Å². The zero-order chi connectivity index (χ0) is 23.1. The van der Waals surface area contributed by atoms with E-state index in [2.05, 4.69) is 47.7 Å². The summed E-state index contributed by atoms with van der Waals surface area (Å²) in [5.41, 5.74) is 10.0. The molecule has 0 bridgehead atoms. The van der Waals surface area contributed by atoms with Crippen LogP contribution in [0.25, 0.3) is 0 Å². The second-order valence-electron chi connectivity index (χ2n) is 8.36. The molecule has 33 heavy (non-hydrogen) atoms. The van der Waals surface area contributed by atoms with E-state index in [1.165, 1.54) is 5.56 Å². The number of amidine groups is 1. The number of anilines is 2. The molecule has 0 aromatic heterocycles. The van der Waals surface area contributed by atoms with Crippen LogP contribution in [-0.4, -0.2) is 49.5 Å². The predicted molar refractivity (Wildman–Crippen MR) is 138 cm³/mol. The van der Waals surface area contributed by atoms with Gasteiger partial charge in [0.15, 0.2) is 6.04 Å². The highest BCUT2D eigenvalue weighted by Gasteiger charge is 2.24. The van der Waals surface area contributed by atoms with Crippen LogP contribution in [0.3, 0.4) is 0 Å². The lowest BCUT2D eigenvalue weighted by molar-refractivity contribution is -0.144. The van der Waals surface area contributed by atoms with Crippen molar-refractivity contribution in [1.82, 2.24) is 4.90 Å². The molecule has 180 valence electrons. The average molecular weight is 474 g/mol. The Bertz CT molecular complexity index is 927. The molecule has 1 saturated heterocycles. The molecule has 2 aromatic rings.